The van der Waals surface area contributed by atoms with Crippen molar-refractivity contribution in [1.29, 1.82) is 0 Å². The summed E-state index contributed by atoms with van der Waals surface area (Å²) in [5.74, 6) is 1.11. The quantitative estimate of drug-likeness (QED) is 0.308. The molecule has 2 aliphatic rings. The van der Waals surface area contributed by atoms with Gasteiger partial charge >= 0.3 is 0 Å². The first-order valence-corrected chi connectivity index (χ1v) is 13.7. The molecule has 2 N–H and O–H groups in total. The molecule has 1 aliphatic carbocycles. The molecule has 4 nitrogen and oxygen atoms in total. The summed E-state index contributed by atoms with van der Waals surface area (Å²) in [6, 6.07) is 22.1. The molecule has 4 aromatic carbocycles. The Morgan fingerprint density at radius 3 is 2.18 bits per heavy atom. The molecule has 4 heteroatoms. The van der Waals surface area contributed by atoms with Crippen molar-refractivity contribution >= 4 is 16.5 Å². The lowest BCUT2D eigenvalue weighted by Crippen LogP contribution is -2.43. The van der Waals surface area contributed by atoms with Gasteiger partial charge in [0.2, 0.25) is 0 Å². The van der Waals surface area contributed by atoms with Gasteiger partial charge in [-0.05, 0) is 74.0 Å². The molecule has 0 unspecified atom stereocenters. The highest BCUT2D eigenvalue weighted by Gasteiger charge is 2.38. The van der Waals surface area contributed by atoms with Gasteiger partial charge in [-0.15, -0.1) is 0 Å². The SMILES string of the molecule is COc1cc2c(O)cc3c(c2cc1N1CCNCC1)-c1ccc(-c2ccc(C(C)(C)C)cc2)cc1C3(C)C. The van der Waals surface area contributed by atoms with Crippen LogP contribution in [0.4, 0.5) is 5.69 Å². The summed E-state index contributed by atoms with van der Waals surface area (Å²) in [6.07, 6.45) is 0. The minimum absolute atomic E-state index is 0.134. The van der Waals surface area contributed by atoms with Crippen molar-refractivity contribution in [3.63, 3.8) is 0 Å². The van der Waals surface area contributed by atoms with E-state index >= 15 is 0 Å². The smallest absolute Gasteiger partial charge is 0.142 e. The van der Waals surface area contributed by atoms with E-state index in [4.69, 9.17) is 4.74 Å². The van der Waals surface area contributed by atoms with E-state index < -0.39 is 0 Å². The van der Waals surface area contributed by atoms with Crippen molar-refractivity contribution in [2.24, 2.45) is 0 Å². The lowest BCUT2D eigenvalue weighted by atomic mass is 9.81. The van der Waals surface area contributed by atoms with E-state index in [1.165, 1.54) is 38.9 Å². The van der Waals surface area contributed by atoms with Gasteiger partial charge in [-0.25, -0.2) is 0 Å². The van der Waals surface area contributed by atoms with Crippen LogP contribution >= 0.6 is 0 Å². The normalized spacial score (nSPS) is 16.4. The molecule has 1 aliphatic heterocycles. The minimum Gasteiger partial charge on any atom is -0.507 e. The lowest BCUT2D eigenvalue weighted by Gasteiger charge is -2.31. The lowest BCUT2D eigenvalue weighted by molar-refractivity contribution is 0.413. The molecule has 0 aromatic heterocycles. The molecule has 38 heavy (non-hydrogen) atoms. The maximum Gasteiger partial charge on any atom is 0.142 e. The van der Waals surface area contributed by atoms with Gasteiger partial charge in [0.05, 0.1) is 12.8 Å². The molecular weight excluding hydrogens is 468 g/mol. The first-order chi connectivity index (χ1) is 18.1. The Bertz CT molecular complexity index is 1540. The fourth-order valence-corrected chi connectivity index (χ4v) is 6.28. The van der Waals surface area contributed by atoms with Crippen molar-refractivity contribution in [3.05, 3.63) is 77.4 Å². The predicted octanol–water partition coefficient (Wildman–Crippen LogP) is 7.23. The van der Waals surface area contributed by atoms with Crippen LogP contribution in [0, 0.1) is 0 Å². The van der Waals surface area contributed by atoms with E-state index in [-0.39, 0.29) is 10.8 Å². The fraction of sp³-hybridized carbons (Fsp3) is 0.353. The number of hydrogen-bond acceptors (Lipinski definition) is 4. The van der Waals surface area contributed by atoms with Gasteiger partial charge in [0.25, 0.3) is 0 Å². The van der Waals surface area contributed by atoms with Crippen LogP contribution < -0.4 is 15.0 Å². The fourth-order valence-electron chi connectivity index (χ4n) is 6.28. The largest absolute Gasteiger partial charge is 0.507 e. The first-order valence-electron chi connectivity index (χ1n) is 13.7. The molecule has 6 rings (SSSR count). The maximum absolute atomic E-state index is 11.2. The number of anilines is 1. The molecule has 0 amide bonds. The van der Waals surface area contributed by atoms with Crippen LogP contribution in [0.15, 0.2) is 60.7 Å². The molecule has 0 atom stereocenters. The highest BCUT2D eigenvalue weighted by molar-refractivity contribution is 6.07. The number of fused-ring (bicyclic) bond motifs is 5. The monoisotopic (exact) mass is 506 g/mol. The standard InChI is InChI=1S/C34H38N2O2/c1-33(2,3)23-10-7-21(8-11-23)22-9-12-24-27(17-22)34(4,5)28-20-30(37)25-19-31(38-6)29(18-26(25)32(24)28)36-15-13-35-14-16-36/h7-12,17-20,35,37H,13-16H2,1-6H3. The van der Waals surface area contributed by atoms with E-state index in [1.807, 2.05) is 12.1 Å². The Balaban J connectivity index is 1.52. The summed E-state index contributed by atoms with van der Waals surface area (Å²) in [6.45, 7) is 15.1. The zero-order valence-electron chi connectivity index (χ0n) is 23.4. The van der Waals surface area contributed by atoms with Gasteiger partial charge in [-0.2, -0.15) is 0 Å². The minimum atomic E-state index is -0.229. The average molecular weight is 507 g/mol. The molecule has 1 fully saturated rings. The second-order valence-electron chi connectivity index (χ2n) is 12.3. The van der Waals surface area contributed by atoms with Crippen molar-refractivity contribution in [3.8, 4) is 33.8 Å². The number of phenols is 1. The topological polar surface area (TPSA) is 44.7 Å². The summed E-state index contributed by atoms with van der Waals surface area (Å²) in [4.78, 5) is 2.39. The van der Waals surface area contributed by atoms with E-state index in [1.54, 1.807) is 7.11 Å². The molecule has 196 valence electrons. The van der Waals surface area contributed by atoms with Gasteiger partial charge in [0, 0.05) is 37.0 Å². The van der Waals surface area contributed by atoms with Crippen LogP contribution in [0.3, 0.4) is 0 Å². The number of nitrogens with zero attached hydrogens (tertiary/aromatic N) is 1. The summed E-state index contributed by atoms with van der Waals surface area (Å²) >= 11 is 0. The third-order valence-corrected chi connectivity index (χ3v) is 8.59. The number of rotatable bonds is 3. The van der Waals surface area contributed by atoms with Crippen molar-refractivity contribution in [2.45, 2.75) is 45.4 Å². The Morgan fingerprint density at radius 2 is 1.53 bits per heavy atom. The first kappa shape index (κ1) is 24.8. The molecular formula is C34H38N2O2. The van der Waals surface area contributed by atoms with Gasteiger partial charge in [-0.3, -0.25) is 0 Å². The summed E-state index contributed by atoms with van der Waals surface area (Å²) < 4.78 is 5.81. The van der Waals surface area contributed by atoms with Gasteiger partial charge in [0.15, 0.2) is 0 Å². The number of piperazine rings is 1. The Labute approximate surface area is 226 Å². The summed E-state index contributed by atoms with van der Waals surface area (Å²) in [5.41, 5.74) is 9.75. The molecule has 0 bridgehead atoms. The Kier molecular flexibility index (Phi) is 5.73. The number of hydrogen-bond donors (Lipinski definition) is 2. The van der Waals surface area contributed by atoms with E-state index in [2.05, 4.69) is 93.4 Å². The zero-order chi connectivity index (χ0) is 26.8. The molecule has 4 aromatic rings. The van der Waals surface area contributed by atoms with E-state index in [9.17, 15) is 5.11 Å². The number of nitrogens with one attached hydrogen (secondary N) is 1. The second-order valence-corrected chi connectivity index (χ2v) is 12.3. The molecule has 1 saturated heterocycles. The molecule has 0 radical (unpaired) electrons. The summed E-state index contributed by atoms with van der Waals surface area (Å²) in [7, 11) is 1.71. The Hall–Kier alpha value is -3.50. The van der Waals surface area contributed by atoms with Crippen LogP contribution in [-0.4, -0.2) is 38.4 Å². The number of benzene rings is 4. The third-order valence-electron chi connectivity index (χ3n) is 8.59. The van der Waals surface area contributed by atoms with Crippen LogP contribution in [0.5, 0.6) is 11.5 Å². The van der Waals surface area contributed by atoms with Crippen molar-refractivity contribution in [1.82, 2.24) is 5.32 Å². The van der Waals surface area contributed by atoms with E-state index in [0.717, 1.165) is 48.4 Å². The number of ether oxygens (including phenoxy) is 1. The number of methoxy groups -OCH3 is 1. The van der Waals surface area contributed by atoms with Crippen molar-refractivity contribution in [2.75, 3.05) is 38.2 Å². The molecule has 1 heterocycles. The highest BCUT2D eigenvalue weighted by Crippen LogP contribution is 2.55. The van der Waals surface area contributed by atoms with Gasteiger partial charge < -0.3 is 20.1 Å². The summed E-state index contributed by atoms with van der Waals surface area (Å²) in [5, 5.41) is 16.6. The number of aromatic hydroxyl groups is 1. The molecule has 0 saturated carbocycles. The Morgan fingerprint density at radius 1 is 0.842 bits per heavy atom. The van der Waals surface area contributed by atoms with Crippen LogP contribution in [0.25, 0.3) is 33.0 Å². The van der Waals surface area contributed by atoms with Crippen molar-refractivity contribution < 1.29 is 9.84 Å². The number of phenolic OH excluding ortho intramolecular Hbond substituents is 1. The highest BCUT2D eigenvalue weighted by atomic mass is 16.5. The second kappa shape index (κ2) is 8.78. The third kappa shape index (κ3) is 3.85. The zero-order valence-corrected chi connectivity index (χ0v) is 23.4. The predicted molar refractivity (Wildman–Crippen MR) is 159 cm³/mol. The molecule has 0 spiro atoms. The van der Waals surface area contributed by atoms with Crippen LogP contribution in [0.1, 0.15) is 51.3 Å². The average Bonchev–Trinajstić information content (AvgIpc) is 3.14. The maximum atomic E-state index is 11.2. The van der Waals surface area contributed by atoms with E-state index in [0.29, 0.717) is 5.75 Å². The van der Waals surface area contributed by atoms with Crippen LogP contribution in [0.2, 0.25) is 0 Å². The van der Waals surface area contributed by atoms with Gasteiger partial charge in [0.1, 0.15) is 11.5 Å². The van der Waals surface area contributed by atoms with Crippen LogP contribution in [-0.2, 0) is 10.8 Å². The van der Waals surface area contributed by atoms with Gasteiger partial charge in [-0.1, -0.05) is 71.0 Å².